The molecule has 0 bridgehead atoms. The van der Waals surface area contributed by atoms with Crippen molar-refractivity contribution in [2.24, 2.45) is 5.92 Å². The molecule has 1 N–H and O–H groups in total. The van der Waals surface area contributed by atoms with Gasteiger partial charge in [-0.15, -0.1) is 0 Å². The summed E-state index contributed by atoms with van der Waals surface area (Å²) >= 11 is 0. The van der Waals surface area contributed by atoms with Crippen molar-refractivity contribution in [2.45, 2.75) is 38.8 Å². The van der Waals surface area contributed by atoms with Crippen LogP contribution in [0.15, 0.2) is 24.3 Å². The van der Waals surface area contributed by atoms with E-state index < -0.39 is 0 Å². The van der Waals surface area contributed by atoms with Gasteiger partial charge in [-0.1, -0.05) is 38.1 Å². The van der Waals surface area contributed by atoms with Crippen LogP contribution in [0.3, 0.4) is 0 Å². The predicted octanol–water partition coefficient (Wildman–Crippen LogP) is 2.60. The smallest absolute Gasteiger partial charge is 0.0484 e. The van der Waals surface area contributed by atoms with E-state index in [1.807, 2.05) is 0 Å². The molecule has 0 amide bonds. The molecule has 1 aliphatic heterocycles. The number of likely N-dealkylation sites (tertiary alicyclic amines) is 1. The summed E-state index contributed by atoms with van der Waals surface area (Å²) in [5, 5.41) is 3.70. The van der Waals surface area contributed by atoms with Gasteiger partial charge < -0.3 is 5.32 Å². The summed E-state index contributed by atoms with van der Waals surface area (Å²) in [7, 11) is 0. The Morgan fingerprint density at radius 3 is 2.89 bits per heavy atom. The fourth-order valence-corrected chi connectivity index (χ4v) is 3.65. The summed E-state index contributed by atoms with van der Waals surface area (Å²) in [6, 6.07) is 10.2. The Morgan fingerprint density at radius 1 is 1.33 bits per heavy atom. The summed E-state index contributed by atoms with van der Waals surface area (Å²) in [5.41, 5.74) is 3.08. The lowest BCUT2D eigenvalue weighted by Crippen LogP contribution is -2.41. The maximum atomic E-state index is 3.70. The van der Waals surface area contributed by atoms with Crippen LogP contribution in [0.4, 0.5) is 0 Å². The summed E-state index contributed by atoms with van der Waals surface area (Å²) in [6.07, 6.45) is 2.59. The van der Waals surface area contributed by atoms with Crippen LogP contribution in [0.2, 0.25) is 0 Å². The molecular formula is C16H24N2. The standard InChI is InChI=1S/C16H24N2/c1-3-17-16-14-7-5-4-6-13(14)10-15(16)18-9-8-12(2)11-18/h4-7,12,15-17H,3,8-11H2,1-2H3. The highest BCUT2D eigenvalue weighted by Gasteiger charge is 2.37. The first-order chi connectivity index (χ1) is 8.79. The van der Waals surface area contributed by atoms with Gasteiger partial charge in [-0.25, -0.2) is 0 Å². The van der Waals surface area contributed by atoms with Crippen LogP contribution in [0.1, 0.15) is 37.4 Å². The summed E-state index contributed by atoms with van der Waals surface area (Å²) in [6.45, 7) is 8.20. The maximum Gasteiger partial charge on any atom is 0.0484 e. The summed E-state index contributed by atoms with van der Waals surface area (Å²) in [4.78, 5) is 2.71. The highest BCUT2D eigenvalue weighted by molar-refractivity contribution is 5.37. The lowest BCUT2D eigenvalue weighted by Gasteiger charge is -2.30. The zero-order valence-electron chi connectivity index (χ0n) is 11.5. The third kappa shape index (κ3) is 2.08. The lowest BCUT2D eigenvalue weighted by atomic mass is 10.1. The normalized spacial score (nSPS) is 31.8. The van der Waals surface area contributed by atoms with E-state index in [-0.39, 0.29) is 0 Å². The third-order valence-electron chi connectivity index (χ3n) is 4.55. The van der Waals surface area contributed by atoms with Gasteiger partial charge >= 0.3 is 0 Å². The van der Waals surface area contributed by atoms with Crippen molar-refractivity contribution in [2.75, 3.05) is 19.6 Å². The molecule has 1 aliphatic carbocycles. The molecule has 3 unspecified atom stereocenters. The second kappa shape index (κ2) is 5.02. The van der Waals surface area contributed by atoms with Crippen LogP contribution < -0.4 is 5.32 Å². The van der Waals surface area contributed by atoms with E-state index in [4.69, 9.17) is 0 Å². The Labute approximate surface area is 110 Å². The number of nitrogens with zero attached hydrogens (tertiary/aromatic N) is 1. The molecule has 1 fully saturated rings. The van der Waals surface area contributed by atoms with Crippen LogP contribution in [-0.2, 0) is 6.42 Å². The molecule has 0 spiro atoms. The minimum Gasteiger partial charge on any atom is -0.309 e. The highest BCUT2D eigenvalue weighted by atomic mass is 15.2. The largest absolute Gasteiger partial charge is 0.309 e. The van der Waals surface area contributed by atoms with Crippen molar-refractivity contribution in [1.82, 2.24) is 10.2 Å². The van der Waals surface area contributed by atoms with Crippen molar-refractivity contribution < 1.29 is 0 Å². The Bertz CT molecular complexity index is 415. The molecule has 2 nitrogen and oxygen atoms in total. The fourth-order valence-electron chi connectivity index (χ4n) is 3.65. The molecule has 2 heteroatoms. The Balaban J connectivity index is 1.83. The van der Waals surface area contributed by atoms with E-state index in [9.17, 15) is 0 Å². The van der Waals surface area contributed by atoms with Crippen LogP contribution in [0.25, 0.3) is 0 Å². The van der Waals surface area contributed by atoms with Crippen LogP contribution >= 0.6 is 0 Å². The molecule has 0 aromatic heterocycles. The van der Waals surface area contributed by atoms with Gasteiger partial charge in [0.2, 0.25) is 0 Å². The topological polar surface area (TPSA) is 15.3 Å². The van der Waals surface area contributed by atoms with Gasteiger partial charge in [0.05, 0.1) is 0 Å². The van der Waals surface area contributed by atoms with E-state index >= 15 is 0 Å². The first kappa shape index (κ1) is 12.2. The molecule has 3 atom stereocenters. The molecule has 1 saturated heterocycles. The van der Waals surface area contributed by atoms with Crippen molar-refractivity contribution in [3.63, 3.8) is 0 Å². The van der Waals surface area contributed by atoms with Crippen LogP contribution in [-0.4, -0.2) is 30.6 Å². The average Bonchev–Trinajstić information content (AvgIpc) is 2.95. The first-order valence-corrected chi connectivity index (χ1v) is 7.34. The van der Waals surface area contributed by atoms with Gasteiger partial charge in [0, 0.05) is 18.6 Å². The average molecular weight is 244 g/mol. The third-order valence-corrected chi connectivity index (χ3v) is 4.55. The minimum absolute atomic E-state index is 0.538. The van der Waals surface area contributed by atoms with E-state index in [2.05, 4.69) is 48.3 Å². The number of hydrogen-bond acceptors (Lipinski definition) is 2. The maximum absolute atomic E-state index is 3.70. The van der Waals surface area contributed by atoms with E-state index in [0.29, 0.717) is 12.1 Å². The summed E-state index contributed by atoms with van der Waals surface area (Å²) < 4.78 is 0. The predicted molar refractivity (Wildman–Crippen MR) is 75.7 cm³/mol. The Hall–Kier alpha value is -0.860. The van der Waals surface area contributed by atoms with E-state index in [1.165, 1.54) is 31.5 Å². The number of hydrogen-bond donors (Lipinski definition) is 1. The van der Waals surface area contributed by atoms with Gasteiger partial charge in [-0.05, 0) is 43.0 Å². The number of fused-ring (bicyclic) bond motifs is 1. The van der Waals surface area contributed by atoms with Crippen molar-refractivity contribution in [3.8, 4) is 0 Å². The summed E-state index contributed by atoms with van der Waals surface area (Å²) in [5.74, 6) is 0.871. The van der Waals surface area contributed by atoms with Crippen molar-refractivity contribution in [3.05, 3.63) is 35.4 Å². The molecule has 2 aliphatic rings. The SMILES string of the molecule is CCNC1c2ccccc2CC1N1CCC(C)C1. The van der Waals surface area contributed by atoms with Crippen molar-refractivity contribution in [1.29, 1.82) is 0 Å². The van der Waals surface area contributed by atoms with Gasteiger partial charge in [0.25, 0.3) is 0 Å². The molecule has 1 heterocycles. The number of nitrogens with one attached hydrogen (secondary N) is 1. The molecule has 98 valence electrons. The Morgan fingerprint density at radius 2 is 2.17 bits per heavy atom. The minimum atomic E-state index is 0.538. The highest BCUT2D eigenvalue weighted by Crippen LogP contribution is 2.36. The van der Waals surface area contributed by atoms with E-state index in [1.54, 1.807) is 5.56 Å². The second-order valence-corrected chi connectivity index (χ2v) is 5.89. The van der Waals surface area contributed by atoms with Gasteiger partial charge in [0.1, 0.15) is 0 Å². The Kier molecular flexibility index (Phi) is 3.40. The quantitative estimate of drug-likeness (QED) is 0.879. The van der Waals surface area contributed by atoms with Gasteiger partial charge in [-0.3, -0.25) is 4.90 Å². The fraction of sp³-hybridized carbons (Fsp3) is 0.625. The number of benzene rings is 1. The molecule has 1 aromatic carbocycles. The molecular weight excluding hydrogens is 220 g/mol. The monoisotopic (exact) mass is 244 g/mol. The van der Waals surface area contributed by atoms with E-state index in [0.717, 1.165) is 12.5 Å². The molecule has 18 heavy (non-hydrogen) atoms. The van der Waals surface area contributed by atoms with Gasteiger partial charge in [-0.2, -0.15) is 0 Å². The van der Waals surface area contributed by atoms with Crippen LogP contribution in [0.5, 0.6) is 0 Å². The molecule has 0 radical (unpaired) electrons. The zero-order chi connectivity index (χ0) is 12.5. The zero-order valence-corrected chi connectivity index (χ0v) is 11.5. The molecule has 1 aromatic rings. The first-order valence-electron chi connectivity index (χ1n) is 7.34. The molecule has 0 saturated carbocycles. The second-order valence-electron chi connectivity index (χ2n) is 5.89. The number of likely N-dealkylation sites (N-methyl/N-ethyl adjacent to an activating group) is 1. The lowest BCUT2D eigenvalue weighted by molar-refractivity contribution is 0.199. The number of rotatable bonds is 3. The van der Waals surface area contributed by atoms with Crippen LogP contribution in [0, 0.1) is 5.92 Å². The van der Waals surface area contributed by atoms with Crippen molar-refractivity contribution >= 4 is 0 Å². The van der Waals surface area contributed by atoms with Gasteiger partial charge in [0.15, 0.2) is 0 Å². The molecule has 3 rings (SSSR count).